The Morgan fingerprint density at radius 1 is 1.29 bits per heavy atom. The number of anilines is 1. The van der Waals surface area contributed by atoms with Gasteiger partial charge in [0.25, 0.3) is 0 Å². The van der Waals surface area contributed by atoms with Gasteiger partial charge in [-0.3, -0.25) is 5.43 Å². The minimum atomic E-state index is 0.513. The summed E-state index contributed by atoms with van der Waals surface area (Å²) in [5, 5.41) is 7.80. The van der Waals surface area contributed by atoms with Crippen molar-refractivity contribution in [3.05, 3.63) is 30.3 Å². The second kappa shape index (κ2) is 7.01. The number of para-hydroxylation sites is 1. The van der Waals surface area contributed by atoms with E-state index in [1.54, 1.807) is 0 Å². The molecule has 0 unspecified atom stereocenters. The van der Waals surface area contributed by atoms with Crippen LogP contribution in [0.15, 0.2) is 35.4 Å². The Morgan fingerprint density at radius 3 is 2.53 bits per heavy atom. The zero-order valence-corrected chi connectivity index (χ0v) is 11.3. The fourth-order valence-corrected chi connectivity index (χ4v) is 1.63. The molecule has 0 aliphatic heterocycles. The van der Waals surface area contributed by atoms with E-state index >= 15 is 0 Å². The third kappa shape index (κ3) is 6.02. The van der Waals surface area contributed by atoms with Gasteiger partial charge in [-0.2, -0.15) is 5.10 Å². The summed E-state index contributed by atoms with van der Waals surface area (Å²) in [4.78, 5) is 0. The van der Waals surface area contributed by atoms with Crippen molar-refractivity contribution in [2.75, 3.05) is 5.32 Å². The van der Waals surface area contributed by atoms with E-state index in [4.69, 9.17) is 12.2 Å². The number of thiocarbonyl (C=S) groups is 1. The molecule has 1 aromatic carbocycles. The Kier molecular flexibility index (Phi) is 5.63. The molecule has 0 amide bonds. The van der Waals surface area contributed by atoms with Gasteiger partial charge in [0.15, 0.2) is 5.11 Å². The van der Waals surface area contributed by atoms with Crippen LogP contribution >= 0.6 is 12.2 Å². The molecule has 0 radical (unpaired) electrons. The lowest BCUT2D eigenvalue weighted by Gasteiger charge is -2.08. The van der Waals surface area contributed by atoms with Crippen LogP contribution in [-0.4, -0.2) is 10.8 Å². The first-order valence-corrected chi connectivity index (χ1v) is 6.14. The number of hydrogen-bond donors (Lipinski definition) is 2. The third-order valence-corrected chi connectivity index (χ3v) is 2.28. The van der Waals surface area contributed by atoms with Gasteiger partial charge in [0.2, 0.25) is 0 Å². The highest BCUT2D eigenvalue weighted by Gasteiger charge is 1.98. The van der Waals surface area contributed by atoms with E-state index in [9.17, 15) is 0 Å². The van der Waals surface area contributed by atoms with Crippen molar-refractivity contribution >= 4 is 28.7 Å². The van der Waals surface area contributed by atoms with E-state index < -0.39 is 0 Å². The molecule has 0 fully saturated rings. The molecule has 0 aliphatic rings. The second-order valence-corrected chi connectivity index (χ2v) is 4.79. The topological polar surface area (TPSA) is 36.4 Å². The summed E-state index contributed by atoms with van der Waals surface area (Å²) >= 11 is 5.14. The van der Waals surface area contributed by atoms with Crippen LogP contribution in [0.1, 0.15) is 27.2 Å². The fraction of sp³-hybridized carbons (Fsp3) is 0.385. The Morgan fingerprint density at radius 2 is 1.94 bits per heavy atom. The summed E-state index contributed by atoms with van der Waals surface area (Å²) in [7, 11) is 0. The van der Waals surface area contributed by atoms with Gasteiger partial charge < -0.3 is 5.32 Å². The molecule has 1 aromatic rings. The number of rotatable bonds is 4. The SMILES string of the molecule is CC(CC(C)C)=NNC(=S)Nc1ccccc1. The van der Waals surface area contributed by atoms with Gasteiger partial charge in [-0.1, -0.05) is 32.0 Å². The molecule has 0 saturated carbocycles. The maximum atomic E-state index is 5.14. The highest BCUT2D eigenvalue weighted by Crippen LogP contribution is 2.04. The van der Waals surface area contributed by atoms with Crippen LogP contribution in [0, 0.1) is 5.92 Å². The number of benzene rings is 1. The lowest BCUT2D eigenvalue weighted by molar-refractivity contribution is 0.679. The van der Waals surface area contributed by atoms with Crippen LogP contribution < -0.4 is 10.7 Å². The van der Waals surface area contributed by atoms with Crippen LogP contribution in [0.3, 0.4) is 0 Å². The van der Waals surface area contributed by atoms with E-state index in [2.05, 4.69) is 29.7 Å². The first kappa shape index (κ1) is 13.6. The molecule has 0 atom stereocenters. The van der Waals surface area contributed by atoms with Crippen LogP contribution in [-0.2, 0) is 0 Å². The summed E-state index contributed by atoms with van der Waals surface area (Å²) in [5.41, 5.74) is 4.86. The molecule has 4 heteroatoms. The smallest absolute Gasteiger partial charge is 0.191 e. The predicted octanol–water partition coefficient (Wildman–Crippen LogP) is 3.40. The maximum Gasteiger partial charge on any atom is 0.191 e. The molecule has 0 aliphatic carbocycles. The molecular weight excluding hydrogens is 230 g/mol. The van der Waals surface area contributed by atoms with Gasteiger partial charge in [0, 0.05) is 11.4 Å². The molecule has 92 valence electrons. The average molecular weight is 249 g/mol. The van der Waals surface area contributed by atoms with Crippen molar-refractivity contribution in [2.24, 2.45) is 11.0 Å². The number of hydrazone groups is 1. The van der Waals surface area contributed by atoms with E-state index in [1.165, 1.54) is 0 Å². The Labute approximate surface area is 108 Å². The van der Waals surface area contributed by atoms with E-state index in [0.29, 0.717) is 11.0 Å². The normalized spacial score (nSPS) is 11.4. The quantitative estimate of drug-likeness (QED) is 0.488. The predicted molar refractivity (Wildman–Crippen MR) is 78.4 cm³/mol. The lowest BCUT2D eigenvalue weighted by Crippen LogP contribution is -2.24. The van der Waals surface area contributed by atoms with E-state index in [-0.39, 0.29) is 0 Å². The average Bonchev–Trinajstić information content (AvgIpc) is 2.27. The molecule has 0 saturated heterocycles. The summed E-state index contributed by atoms with van der Waals surface area (Å²) < 4.78 is 0. The highest BCUT2D eigenvalue weighted by molar-refractivity contribution is 7.80. The standard InChI is InChI=1S/C13H19N3S/c1-10(2)9-11(3)15-16-13(17)14-12-7-5-4-6-8-12/h4-8,10H,9H2,1-3H3,(H2,14,16,17). The van der Waals surface area contributed by atoms with E-state index in [1.807, 2.05) is 37.3 Å². The van der Waals surface area contributed by atoms with Crippen LogP contribution in [0.2, 0.25) is 0 Å². The molecule has 0 bridgehead atoms. The Hall–Kier alpha value is -1.42. The van der Waals surface area contributed by atoms with Gasteiger partial charge in [0.05, 0.1) is 0 Å². The van der Waals surface area contributed by atoms with Crippen molar-refractivity contribution < 1.29 is 0 Å². The molecule has 2 N–H and O–H groups in total. The Balaban J connectivity index is 2.40. The fourth-order valence-electron chi connectivity index (χ4n) is 1.46. The first-order valence-electron chi connectivity index (χ1n) is 5.73. The molecular formula is C13H19N3S. The molecule has 1 rings (SSSR count). The van der Waals surface area contributed by atoms with Gasteiger partial charge in [0.1, 0.15) is 0 Å². The lowest BCUT2D eigenvalue weighted by atomic mass is 10.1. The van der Waals surface area contributed by atoms with Gasteiger partial charge in [-0.15, -0.1) is 0 Å². The molecule has 0 heterocycles. The second-order valence-electron chi connectivity index (χ2n) is 4.38. The molecule has 0 aromatic heterocycles. The van der Waals surface area contributed by atoms with Crippen molar-refractivity contribution in [3.8, 4) is 0 Å². The third-order valence-electron chi connectivity index (χ3n) is 2.08. The minimum absolute atomic E-state index is 0.513. The number of nitrogens with one attached hydrogen (secondary N) is 2. The van der Waals surface area contributed by atoms with Crippen LogP contribution in [0.4, 0.5) is 5.69 Å². The monoisotopic (exact) mass is 249 g/mol. The molecule has 17 heavy (non-hydrogen) atoms. The van der Waals surface area contributed by atoms with Crippen molar-refractivity contribution in [1.82, 2.24) is 5.43 Å². The number of hydrogen-bond acceptors (Lipinski definition) is 2. The summed E-state index contributed by atoms with van der Waals surface area (Å²) in [5.74, 6) is 0.608. The zero-order chi connectivity index (χ0) is 12.7. The highest BCUT2D eigenvalue weighted by atomic mass is 32.1. The molecule has 0 spiro atoms. The van der Waals surface area contributed by atoms with Crippen LogP contribution in [0.25, 0.3) is 0 Å². The minimum Gasteiger partial charge on any atom is -0.331 e. The van der Waals surface area contributed by atoms with Crippen molar-refractivity contribution in [3.63, 3.8) is 0 Å². The number of nitrogens with zero attached hydrogens (tertiary/aromatic N) is 1. The zero-order valence-electron chi connectivity index (χ0n) is 10.5. The maximum absolute atomic E-state index is 5.14. The van der Waals surface area contributed by atoms with Gasteiger partial charge in [-0.05, 0) is 43.6 Å². The first-order chi connectivity index (χ1) is 8.08. The summed E-state index contributed by atoms with van der Waals surface area (Å²) in [6, 6.07) is 9.79. The Bertz CT molecular complexity index is 385. The summed E-state index contributed by atoms with van der Waals surface area (Å²) in [6.45, 7) is 6.33. The molecule has 3 nitrogen and oxygen atoms in total. The van der Waals surface area contributed by atoms with Gasteiger partial charge >= 0.3 is 0 Å². The van der Waals surface area contributed by atoms with Crippen LogP contribution in [0.5, 0.6) is 0 Å². The summed E-state index contributed by atoms with van der Waals surface area (Å²) in [6.07, 6.45) is 0.973. The van der Waals surface area contributed by atoms with Crippen molar-refractivity contribution in [1.29, 1.82) is 0 Å². The van der Waals surface area contributed by atoms with Crippen molar-refractivity contribution in [2.45, 2.75) is 27.2 Å². The van der Waals surface area contributed by atoms with E-state index in [0.717, 1.165) is 17.8 Å². The van der Waals surface area contributed by atoms with Gasteiger partial charge in [-0.25, -0.2) is 0 Å². The largest absolute Gasteiger partial charge is 0.331 e.